The van der Waals surface area contributed by atoms with Crippen LogP contribution in [0.4, 0.5) is 5.82 Å². The smallest absolute Gasteiger partial charge is 0.229 e. The number of pyridine rings is 1. The molecule has 1 heterocycles. The zero-order chi connectivity index (χ0) is 12.3. The Labute approximate surface area is 109 Å². The predicted molar refractivity (Wildman–Crippen MR) is 67.5 cm³/mol. The lowest BCUT2D eigenvalue weighted by Gasteiger charge is -2.10. The van der Waals surface area contributed by atoms with Crippen molar-refractivity contribution in [1.82, 2.24) is 4.98 Å². The Bertz CT molecular complexity index is 409. The molecule has 1 rings (SSSR count). The molecular formula is C10H11Cl3N2O. The summed E-state index contributed by atoms with van der Waals surface area (Å²) >= 11 is 17.3. The molecule has 1 unspecified atom stereocenters. The van der Waals surface area contributed by atoms with Crippen molar-refractivity contribution in [3.05, 3.63) is 21.8 Å². The Kier molecular flexibility index (Phi) is 4.84. The maximum Gasteiger partial charge on any atom is 0.229 e. The van der Waals surface area contributed by atoms with Crippen LogP contribution in [0.3, 0.4) is 0 Å². The highest BCUT2D eigenvalue weighted by Crippen LogP contribution is 2.25. The zero-order valence-corrected chi connectivity index (χ0v) is 11.1. The van der Waals surface area contributed by atoms with E-state index in [9.17, 15) is 4.79 Å². The van der Waals surface area contributed by atoms with Crippen molar-refractivity contribution in [2.75, 3.05) is 11.2 Å². The normalized spacial score (nSPS) is 12.3. The fourth-order valence-corrected chi connectivity index (χ4v) is 1.50. The van der Waals surface area contributed by atoms with Crippen LogP contribution in [0.1, 0.15) is 12.6 Å². The van der Waals surface area contributed by atoms with Gasteiger partial charge in [0.25, 0.3) is 0 Å². The monoisotopic (exact) mass is 280 g/mol. The van der Waals surface area contributed by atoms with Gasteiger partial charge in [0.1, 0.15) is 0 Å². The first-order valence-electron chi connectivity index (χ1n) is 4.65. The number of hydrogen-bond donors (Lipinski definition) is 1. The van der Waals surface area contributed by atoms with Crippen molar-refractivity contribution in [2.24, 2.45) is 5.92 Å². The number of amides is 1. The second kappa shape index (κ2) is 5.71. The highest BCUT2D eigenvalue weighted by atomic mass is 35.5. The summed E-state index contributed by atoms with van der Waals surface area (Å²) in [7, 11) is 0. The fourth-order valence-electron chi connectivity index (χ4n) is 0.956. The molecule has 88 valence electrons. The highest BCUT2D eigenvalue weighted by Gasteiger charge is 2.14. The molecule has 0 aliphatic heterocycles. The Morgan fingerprint density at radius 1 is 1.50 bits per heavy atom. The van der Waals surface area contributed by atoms with Crippen LogP contribution in [0.2, 0.25) is 10.0 Å². The first kappa shape index (κ1) is 13.6. The quantitative estimate of drug-likeness (QED) is 0.862. The fraction of sp³-hybridized carbons (Fsp3) is 0.400. The minimum absolute atomic E-state index is 0.217. The second-order valence-electron chi connectivity index (χ2n) is 3.43. The van der Waals surface area contributed by atoms with E-state index in [-0.39, 0.29) is 17.7 Å². The molecule has 0 saturated carbocycles. The molecule has 1 amide bonds. The standard InChI is InChI=1S/C10H11Cl3N2O/c1-5(4-11)10(16)15-9-8(13)3-7(12)6(2)14-9/h3,5H,4H2,1-2H3,(H,14,15,16). The number of alkyl halides is 1. The van der Waals surface area contributed by atoms with Crippen molar-refractivity contribution in [3.63, 3.8) is 0 Å². The van der Waals surface area contributed by atoms with Gasteiger partial charge in [-0.2, -0.15) is 0 Å². The molecule has 0 fully saturated rings. The van der Waals surface area contributed by atoms with Gasteiger partial charge in [-0.1, -0.05) is 30.1 Å². The lowest BCUT2D eigenvalue weighted by Crippen LogP contribution is -2.22. The van der Waals surface area contributed by atoms with Gasteiger partial charge >= 0.3 is 0 Å². The van der Waals surface area contributed by atoms with Crippen LogP contribution < -0.4 is 5.32 Å². The van der Waals surface area contributed by atoms with Gasteiger partial charge in [-0.3, -0.25) is 4.79 Å². The summed E-state index contributed by atoms with van der Waals surface area (Å²) in [5, 5.41) is 3.38. The van der Waals surface area contributed by atoms with Crippen LogP contribution in [-0.4, -0.2) is 16.8 Å². The van der Waals surface area contributed by atoms with Crippen molar-refractivity contribution in [1.29, 1.82) is 0 Å². The predicted octanol–water partition coefficient (Wildman–Crippen LogP) is 3.51. The van der Waals surface area contributed by atoms with Crippen LogP contribution >= 0.6 is 34.8 Å². The number of nitrogens with zero attached hydrogens (tertiary/aromatic N) is 1. The lowest BCUT2D eigenvalue weighted by atomic mass is 10.2. The average Bonchev–Trinajstić information content (AvgIpc) is 2.24. The molecule has 0 bridgehead atoms. The van der Waals surface area contributed by atoms with Gasteiger partial charge in [0.2, 0.25) is 5.91 Å². The number of aryl methyl sites for hydroxylation is 1. The van der Waals surface area contributed by atoms with Gasteiger partial charge in [-0.15, -0.1) is 11.6 Å². The first-order chi connectivity index (χ1) is 7.45. The van der Waals surface area contributed by atoms with Gasteiger partial charge in [-0.05, 0) is 13.0 Å². The molecule has 0 aliphatic carbocycles. The number of carbonyl (C=O) groups excluding carboxylic acids is 1. The van der Waals surface area contributed by atoms with E-state index in [4.69, 9.17) is 34.8 Å². The van der Waals surface area contributed by atoms with Crippen LogP contribution in [0.25, 0.3) is 0 Å². The van der Waals surface area contributed by atoms with E-state index in [1.807, 2.05) is 0 Å². The van der Waals surface area contributed by atoms with E-state index >= 15 is 0 Å². The maximum atomic E-state index is 11.6. The van der Waals surface area contributed by atoms with Gasteiger partial charge in [0.05, 0.1) is 15.7 Å². The molecule has 1 aromatic rings. The second-order valence-corrected chi connectivity index (χ2v) is 4.55. The number of hydrogen-bond acceptors (Lipinski definition) is 2. The van der Waals surface area contributed by atoms with E-state index in [0.29, 0.717) is 21.6 Å². The number of rotatable bonds is 3. The Hall–Kier alpha value is -0.510. The molecule has 0 aliphatic rings. The molecule has 0 aromatic carbocycles. The third-order valence-electron chi connectivity index (χ3n) is 2.03. The number of halogens is 3. The minimum Gasteiger partial charge on any atom is -0.309 e. The Morgan fingerprint density at radius 2 is 2.12 bits per heavy atom. The summed E-state index contributed by atoms with van der Waals surface area (Å²) < 4.78 is 0. The Morgan fingerprint density at radius 3 is 2.69 bits per heavy atom. The van der Waals surface area contributed by atoms with Gasteiger partial charge < -0.3 is 5.32 Å². The number of aromatic nitrogens is 1. The third kappa shape index (κ3) is 3.24. The van der Waals surface area contributed by atoms with Crippen LogP contribution in [-0.2, 0) is 4.79 Å². The molecule has 3 nitrogen and oxygen atoms in total. The van der Waals surface area contributed by atoms with Crippen molar-refractivity contribution >= 4 is 46.5 Å². The van der Waals surface area contributed by atoms with E-state index < -0.39 is 0 Å². The van der Waals surface area contributed by atoms with Crippen molar-refractivity contribution in [2.45, 2.75) is 13.8 Å². The van der Waals surface area contributed by atoms with Crippen LogP contribution in [0.5, 0.6) is 0 Å². The van der Waals surface area contributed by atoms with Gasteiger partial charge in [0, 0.05) is 11.8 Å². The Balaban J connectivity index is 2.90. The summed E-state index contributed by atoms with van der Waals surface area (Å²) in [6, 6.07) is 1.55. The molecule has 0 spiro atoms. The number of carbonyl (C=O) groups is 1. The summed E-state index contributed by atoms with van der Waals surface area (Å²) in [4.78, 5) is 15.7. The molecule has 1 N–H and O–H groups in total. The van der Waals surface area contributed by atoms with Crippen LogP contribution in [0, 0.1) is 12.8 Å². The van der Waals surface area contributed by atoms with E-state index in [1.165, 1.54) is 0 Å². The maximum absolute atomic E-state index is 11.6. The number of anilines is 1. The molecule has 1 atom stereocenters. The lowest BCUT2D eigenvalue weighted by molar-refractivity contribution is -0.118. The molecular weight excluding hydrogens is 270 g/mol. The summed E-state index contributed by atoms with van der Waals surface area (Å²) in [6.45, 7) is 3.46. The van der Waals surface area contributed by atoms with E-state index in [1.54, 1.807) is 19.9 Å². The van der Waals surface area contributed by atoms with Gasteiger partial charge in [-0.25, -0.2) is 4.98 Å². The largest absolute Gasteiger partial charge is 0.309 e. The van der Waals surface area contributed by atoms with Crippen molar-refractivity contribution < 1.29 is 4.79 Å². The number of nitrogens with one attached hydrogen (secondary N) is 1. The van der Waals surface area contributed by atoms with Crippen molar-refractivity contribution in [3.8, 4) is 0 Å². The molecule has 16 heavy (non-hydrogen) atoms. The molecule has 6 heteroatoms. The summed E-state index contributed by atoms with van der Waals surface area (Å²) in [6.07, 6.45) is 0. The minimum atomic E-state index is -0.296. The third-order valence-corrected chi connectivity index (χ3v) is 3.16. The molecule has 0 radical (unpaired) electrons. The van der Waals surface area contributed by atoms with E-state index in [0.717, 1.165) is 0 Å². The molecule has 1 aromatic heterocycles. The summed E-state index contributed by atoms with van der Waals surface area (Å²) in [5.74, 6) is 0.0444. The molecule has 0 saturated heterocycles. The SMILES string of the molecule is Cc1nc(NC(=O)C(C)CCl)c(Cl)cc1Cl. The van der Waals surface area contributed by atoms with Gasteiger partial charge in [0.15, 0.2) is 5.82 Å². The topological polar surface area (TPSA) is 42.0 Å². The van der Waals surface area contributed by atoms with E-state index in [2.05, 4.69) is 10.3 Å². The highest BCUT2D eigenvalue weighted by molar-refractivity contribution is 6.36. The average molecular weight is 282 g/mol. The zero-order valence-electron chi connectivity index (χ0n) is 8.85. The summed E-state index contributed by atoms with van der Waals surface area (Å²) in [5.41, 5.74) is 0.611. The first-order valence-corrected chi connectivity index (χ1v) is 5.94. The van der Waals surface area contributed by atoms with Crippen LogP contribution in [0.15, 0.2) is 6.07 Å².